The predicted octanol–water partition coefficient (Wildman–Crippen LogP) is 10.1. The molecule has 3 aliphatic carbocycles. The number of hydrogen-bond donors (Lipinski definition) is 1. The van der Waals surface area contributed by atoms with Crippen molar-refractivity contribution in [2.75, 3.05) is 26.8 Å². The van der Waals surface area contributed by atoms with Gasteiger partial charge >= 0.3 is 0 Å². The average molecular weight is 917 g/mol. The minimum atomic E-state index is -1.02. The summed E-state index contributed by atoms with van der Waals surface area (Å²) in [6, 6.07) is 48.0. The minimum Gasteiger partial charge on any atom is -0.497 e. The third-order valence-corrected chi connectivity index (χ3v) is 16.1. The zero-order valence-electron chi connectivity index (χ0n) is 39.8. The lowest BCUT2D eigenvalue weighted by atomic mass is 9.53. The van der Waals surface area contributed by atoms with E-state index in [0.717, 1.165) is 73.1 Å². The summed E-state index contributed by atoms with van der Waals surface area (Å²) in [5.41, 5.74) is 6.80. The molecule has 0 amide bonds. The number of fused-ring (bicyclic) bond motifs is 5. The largest absolute Gasteiger partial charge is 0.497 e. The first-order valence-electron chi connectivity index (χ1n) is 25.0. The van der Waals surface area contributed by atoms with Crippen molar-refractivity contribution in [3.63, 3.8) is 0 Å². The number of benzene rings is 5. The Hall–Kier alpha value is -5.20. The normalized spacial score (nSPS) is 27.8. The molecule has 10 heteroatoms. The molecule has 6 aromatic rings. The van der Waals surface area contributed by atoms with Crippen LogP contribution < -0.4 is 4.74 Å². The van der Waals surface area contributed by atoms with Crippen LogP contribution in [0.1, 0.15) is 90.4 Å². The zero-order chi connectivity index (χ0) is 46.3. The third kappa shape index (κ3) is 9.95. The highest BCUT2D eigenvalue weighted by Gasteiger charge is 2.63. The van der Waals surface area contributed by atoms with Crippen LogP contribution in [0.3, 0.4) is 0 Å². The van der Waals surface area contributed by atoms with Gasteiger partial charge in [-0.1, -0.05) is 140 Å². The van der Waals surface area contributed by atoms with Crippen LogP contribution in [-0.2, 0) is 63.9 Å². The Morgan fingerprint density at radius 2 is 1.29 bits per heavy atom. The Labute approximate surface area is 402 Å². The van der Waals surface area contributed by atoms with E-state index in [1.165, 1.54) is 11.1 Å². The molecule has 5 aromatic carbocycles. The van der Waals surface area contributed by atoms with E-state index in [4.69, 9.17) is 34.0 Å². The van der Waals surface area contributed by atoms with Crippen LogP contribution in [0.15, 0.2) is 146 Å². The molecule has 10 nitrogen and oxygen atoms in total. The number of likely N-dealkylation sites (tertiary alicyclic amines) is 1. The van der Waals surface area contributed by atoms with Crippen molar-refractivity contribution in [2.24, 2.45) is 17.3 Å². The number of ether oxygens (including phenoxy) is 5. The molecule has 4 aliphatic rings. The van der Waals surface area contributed by atoms with E-state index in [2.05, 4.69) is 127 Å². The van der Waals surface area contributed by atoms with Gasteiger partial charge in [0.15, 0.2) is 0 Å². The Kier molecular flexibility index (Phi) is 14.5. The molecule has 0 unspecified atom stereocenters. The van der Waals surface area contributed by atoms with Gasteiger partial charge in [0.2, 0.25) is 0 Å². The summed E-state index contributed by atoms with van der Waals surface area (Å²) in [4.78, 5) is 2.49. The molecule has 2 heterocycles. The van der Waals surface area contributed by atoms with Gasteiger partial charge in [-0.05, 0) is 108 Å². The van der Waals surface area contributed by atoms with Crippen molar-refractivity contribution in [1.29, 1.82) is 0 Å². The van der Waals surface area contributed by atoms with Crippen molar-refractivity contribution in [1.82, 2.24) is 19.9 Å². The fraction of sp³-hybridized carbons (Fsp3) is 0.448. The van der Waals surface area contributed by atoms with Gasteiger partial charge in [0.05, 0.1) is 58.5 Å². The van der Waals surface area contributed by atoms with Gasteiger partial charge in [0.25, 0.3) is 0 Å². The summed E-state index contributed by atoms with van der Waals surface area (Å²) in [6.07, 6.45) is 7.77. The highest BCUT2D eigenvalue weighted by molar-refractivity contribution is 5.41. The molecular formula is C58H68N4O6. The maximum absolute atomic E-state index is 12.8. The summed E-state index contributed by atoms with van der Waals surface area (Å²) in [7, 11) is 1.75. The number of piperidine rings is 1. The monoisotopic (exact) mass is 917 g/mol. The quantitative estimate of drug-likeness (QED) is 0.0852. The summed E-state index contributed by atoms with van der Waals surface area (Å²) < 4.78 is 35.1. The molecular weight excluding hydrogens is 849 g/mol. The summed E-state index contributed by atoms with van der Waals surface area (Å²) in [6.45, 7) is 6.64. The fourth-order valence-corrected chi connectivity index (χ4v) is 12.5. The molecule has 3 fully saturated rings. The maximum Gasteiger partial charge on any atom is 0.119 e. The number of aryl methyl sites for hydroxylation is 2. The molecule has 1 saturated heterocycles. The van der Waals surface area contributed by atoms with E-state index in [1.807, 2.05) is 35.1 Å². The van der Waals surface area contributed by atoms with E-state index in [-0.39, 0.29) is 29.8 Å². The SMILES string of the molecule is COc1ccc2c(c1)CC[C@@H]1[C@@H]2CC[C@@]2(C)[C@H]1CC[C@]2(O)c1cn(CCCN2C[C@H](OCc3ccccc3)[C@@H](OCc3ccccc3)[C@H](OCc3ccccc3)[C@H]2COCc2ccccc2)nn1. The molecule has 68 heavy (non-hydrogen) atoms. The van der Waals surface area contributed by atoms with Gasteiger partial charge in [-0.3, -0.25) is 9.58 Å². The average Bonchev–Trinajstić information content (AvgIpc) is 3.98. The molecule has 2 saturated carbocycles. The molecule has 356 valence electrons. The Morgan fingerprint density at radius 3 is 1.94 bits per heavy atom. The number of aromatic nitrogens is 3. The van der Waals surface area contributed by atoms with Crippen molar-refractivity contribution in [3.8, 4) is 5.75 Å². The topological polar surface area (TPSA) is 100 Å². The third-order valence-electron chi connectivity index (χ3n) is 16.1. The maximum atomic E-state index is 12.8. The molecule has 0 bridgehead atoms. The fourth-order valence-electron chi connectivity index (χ4n) is 12.5. The summed E-state index contributed by atoms with van der Waals surface area (Å²) in [5, 5.41) is 22.2. The van der Waals surface area contributed by atoms with Crippen LogP contribution in [-0.4, -0.2) is 76.2 Å². The lowest BCUT2D eigenvalue weighted by molar-refractivity contribution is -0.210. The van der Waals surface area contributed by atoms with E-state index in [0.29, 0.717) is 76.0 Å². The Bertz CT molecular complexity index is 2510. The highest BCUT2D eigenvalue weighted by Crippen LogP contribution is 2.66. The molecule has 10 rings (SSSR count). The number of hydrogen-bond acceptors (Lipinski definition) is 9. The second kappa shape index (κ2) is 21.2. The summed E-state index contributed by atoms with van der Waals surface area (Å²) >= 11 is 0. The van der Waals surface area contributed by atoms with Crippen LogP contribution in [0.4, 0.5) is 0 Å². The second-order valence-corrected chi connectivity index (χ2v) is 20.0. The number of nitrogens with zero attached hydrogens (tertiary/aromatic N) is 4. The van der Waals surface area contributed by atoms with Crippen molar-refractivity contribution in [2.45, 2.75) is 121 Å². The lowest BCUT2D eigenvalue weighted by Gasteiger charge is -2.52. The smallest absolute Gasteiger partial charge is 0.119 e. The molecule has 1 N–H and O–H groups in total. The van der Waals surface area contributed by atoms with Crippen LogP contribution in [0, 0.1) is 17.3 Å². The van der Waals surface area contributed by atoms with Gasteiger partial charge in [-0.2, -0.15) is 0 Å². The first-order valence-corrected chi connectivity index (χ1v) is 25.0. The first-order chi connectivity index (χ1) is 33.4. The van der Waals surface area contributed by atoms with E-state index in [9.17, 15) is 5.11 Å². The number of rotatable bonds is 19. The van der Waals surface area contributed by atoms with Gasteiger partial charge < -0.3 is 28.8 Å². The highest BCUT2D eigenvalue weighted by atomic mass is 16.6. The molecule has 9 atom stereocenters. The number of methoxy groups -OCH3 is 1. The van der Waals surface area contributed by atoms with Gasteiger partial charge in [0.1, 0.15) is 29.3 Å². The van der Waals surface area contributed by atoms with E-state index < -0.39 is 5.60 Å². The molecule has 1 aromatic heterocycles. The molecule has 0 spiro atoms. The second-order valence-electron chi connectivity index (χ2n) is 20.0. The van der Waals surface area contributed by atoms with Crippen molar-refractivity contribution in [3.05, 3.63) is 185 Å². The van der Waals surface area contributed by atoms with Gasteiger partial charge in [0, 0.05) is 25.0 Å². The minimum absolute atomic E-state index is 0.133. The summed E-state index contributed by atoms with van der Waals surface area (Å²) in [5.74, 6) is 2.45. The van der Waals surface area contributed by atoms with Crippen molar-refractivity contribution < 1.29 is 28.8 Å². The first kappa shape index (κ1) is 46.5. The number of aliphatic hydroxyl groups is 1. The molecule has 1 aliphatic heterocycles. The van der Waals surface area contributed by atoms with Crippen LogP contribution in [0.5, 0.6) is 5.75 Å². The molecule has 0 radical (unpaired) electrons. The van der Waals surface area contributed by atoms with E-state index >= 15 is 0 Å². The van der Waals surface area contributed by atoms with Gasteiger partial charge in [-0.15, -0.1) is 5.10 Å². The van der Waals surface area contributed by atoms with Crippen LogP contribution in [0.2, 0.25) is 0 Å². The van der Waals surface area contributed by atoms with Gasteiger partial charge in [-0.25, -0.2) is 0 Å². The predicted molar refractivity (Wildman–Crippen MR) is 263 cm³/mol. The Balaban J connectivity index is 0.879. The van der Waals surface area contributed by atoms with E-state index in [1.54, 1.807) is 7.11 Å². The van der Waals surface area contributed by atoms with Crippen molar-refractivity contribution >= 4 is 0 Å². The van der Waals surface area contributed by atoms with Crippen LogP contribution in [0.25, 0.3) is 0 Å². The lowest BCUT2D eigenvalue weighted by Crippen LogP contribution is -2.64. The standard InChI is InChI=1S/C58H68N4O6/c1-57-30-28-49-48-27-25-47(64-2)34-46(48)24-26-50(49)51(57)29-31-58(57,63)54-36-62(60-59-54)33-15-32-61-35-53(66-38-43-18-9-4-10-19-43)56(68-40-45-22-13-6-14-23-45)55(67-39-44-20-11-5-12-21-44)52(61)41-65-37-42-16-7-3-8-17-42/h3-14,16-23,25,27,34,36,49-53,55-56,63H,15,24,26,28-33,35,37-41H2,1-2H3/t49-,50-,51+,52-,53+,55-,56-,57+,58+/m1/s1. The zero-order valence-corrected chi connectivity index (χ0v) is 39.8. The Morgan fingerprint density at radius 1 is 0.676 bits per heavy atom. The van der Waals surface area contributed by atoms with Crippen LogP contribution >= 0.6 is 0 Å².